The molecule has 0 saturated carbocycles. The highest BCUT2D eigenvalue weighted by Crippen LogP contribution is 2.23. The van der Waals surface area contributed by atoms with Crippen LogP contribution in [0.5, 0.6) is 0 Å². The van der Waals surface area contributed by atoms with E-state index in [1.54, 1.807) is 0 Å². The Labute approximate surface area is 80.1 Å². The summed E-state index contributed by atoms with van der Waals surface area (Å²) in [6, 6.07) is 0.302. The molecular weight excluding hydrogens is 164 g/mol. The van der Waals surface area contributed by atoms with E-state index in [9.17, 15) is 4.79 Å². The minimum absolute atomic E-state index is 0.0451. The lowest BCUT2D eigenvalue weighted by Crippen LogP contribution is -2.50. The lowest BCUT2D eigenvalue weighted by molar-refractivity contribution is -0.124. The standard InChI is InChI=1S/C10H20N2O/c1-3-7(2)9-8(10(11)13)5-4-6-12-9/h7-9,12H,3-6H2,1-2H3,(H2,11,13). The number of rotatable bonds is 3. The zero-order valence-electron chi connectivity index (χ0n) is 8.55. The molecule has 3 atom stereocenters. The average Bonchev–Trinajstić information content (AvgIpc) is 2.16. The van der Waals surface area contributed by atoms with Crippen LogP contribution in [0, 0.1) is 11.8 Å². The van der Waals surface area contributed by atoms with Gasteiger partial charge in [-0.1, -0.05) is 20.3 Å². The molecule has 0 radical (unpaired) electrons. The van der Waals surface area contributed by atoms with Gasteiger partial charge in [-0.3, -0.25) is 4.79 Å². The van der Waals surface area contributed by atoms with E-state index in [0.717, 1.165) is 25.8 Å². The number of nitrogens with one attached hydrogen (secondary N) is 1. The van der Waals surface area contributed by atoms with Gasteiger partial charge in [0.15, 0.2) is 0 Å². The predicted molar refractivity (Wildman–Crippen MR) is 53.2 cm³/mol. The van der Waals surface area contributed by atoms with Crippen molar-refractivity contribution < 1.29 is 4.79 Å². The summed E-state index contributed by atoms with van der Waals surface area (Å²) in [4.78, 5) is 11.2. The number of carbonyl (C=O) groups excluding carboxylic acids is 1. The highest BCUT2D eigenvalue weighted by Gasteiger charge is 2.31. The lowest BCUT2D eigenvalue weighted by atomic mass is 9.82. The van der Waals surface area contributed by atoms with Crippen molar-refractivity contribution in [3.05, 3.63) is 0 Å². The first-order valence-electron chi connectivity index (χ1n) is 5.19. The molecule has 0 bridgehead atoms. The van der Waals surface area contributed by atoms with Gasteiger partial charge in [0.05, 0.1) is 5.92 Å². The summed E-state index contributed by atoms with van der Waals surface area (Å²) in [6.45, 7) is 5.36. The fraction of sp³-hybridized carbons (Fsp3) is 0.900. The van der Waals surface area contributed by atoms with Crippen molar-refractivity contribution in [1.29, 1.82) is 0 Å². The SMILES string of the molecule is CCC(C)C1NCCCC1C(N)=O. The summed E-state index contributed by atoms with van der Waals surface area (Å²) in [7, 11) is 0. The number of hydrogen-bond donors (Lipinski definition) is 2. The van der Waals surface area contributed by atoms with Gasteiger partial charge in [-0.05, 0) is 25.3 Å². The minimum atomic E-state index is -0.141. The van der Waals surface area contributed by atoms with E-state index in [1.165, 1.54) is 0 Å². The molecule has 0 aliphatic carbocycles. The smallest absolute Gasteiger partial charge is 0.222 e. The third-order valence-corrected chi connectivity index (χ3v) is 3.13. The summed E-state index contributed by atoms with van der Waals surface area (Å²) in [6.07, 6.45) is 3.12. The summed E-state index contributed by atoms with van der Waals surface area (Å²) < 4.78 is 0. The van der Waals surface area contributed by atoms with Crippen molar-refractivity contribution in [1.82, 2.24) is 5.32 Å². The van der Waals surface area contributed by atoms with Crippen LogP contribution in [0.15, 0.2) is 0 Å². The maximum absolute atomic E-state index is 11.2. The van der Waals surface area contributed by atoms with E-state index < -0.39 is 0 Å². The molecule has 3 heteroatoms. The van der Waals surface area contributed by atoms with Crippen LogP contribution in [0.4, 0.5) is 0 Å². The number of hydrogen-bond acceptors (Lipinski definition) is 2. The van der Waals surface area contributed by atoms with Crippen LogP contribution in [-0.4, -0.2) is 18.5 Å². The van der Waals surface area contributed by atoms with E-state index in [1.807, 2.05) is 0 Å². The Bertz CT molecular complexity index is 182. The molecule has 3 unspecified atom stereocenters. The first-order valence-corrected chi connectivity index (χ1v) is 5.19. The normalized spacial score (nSPS) is 31.2. The Kier molecular flexibility index (Phi) is 3.72. The third-order valence-electron chi connectivity index (χ3n) is 3.13. The highest BCUT2D eigenvalue weighted by molar-refractivity contribution is 5.77. The molecular formula is C10H20N2O. The third kappa shape index (κ3) is 2.44. The number of nitrogens with two attached hydrogens (primary N) is 1. The van der Waals surface area contributed by atoms with Gasteiger partial charge in [0.25, 0.3) is 0 Å². The van der Waals surface area contributed by atoms with Gasteiger partial charge in [0.2, 0.25) is 5.91 Å². The van der Waals surface area contributed by atoms with Crippen molar-refractivity contribution in [2.24, 2.45) is 17.6 Å². The molecule has 76 valence electrons. The van der Waals surface area contributed by atoms with Crippen LogP contribution in [0.1, 0.15) is 33.1 Å². The van der Waals surface area contributed by atoms with Crippen LogP contribution in [0.3, 0.4) is 0 Å². The summed E-state index contributed by atoms with van der Waals surface area (Å²) >= 11 is 0. The lowest BCUT2D eigenvalue weighted by Gasteiger charge is -2.34. The van der Waals surface area contributed by atoms with Crippen LogP contribution in [0.25, 0.3) is 0 Å². The Morgan fingerprint density at radius 3 is 2.92 bits per heavy atom. The molecule has 3 N–H and O–H groups in total. The zero-order chi connectivity index (χ0) is 9.84. The molecule has 3 nitrogen and oxygen atoms in total. The van der Waals surface area contributed by atoms with Gasteiger partial charge in [-0.2, -0.15) is 0 Å². The molecule has 1 amide bonds. The Morgan fingerprint density at radius 2 is 2.38 bits per heavy atom. The van der Waals surface area contributed by atoms with Gasteiger partial charge in [-0.25, -0.2) is 0 Å². The minimum Gasteiger partial charge on any atom is -0.369 e. The summed E-state index contributed by atoms with van der Waals surface area (Å²) in [5, 5.41) is 3.40. The quantitative estimate of drug-likeness (QED) is 0.684. The average molecular weight is 184 g/mol. The van der Waals surface area contributed by atoms with Crippen LogP contribution in [-0.2, 0) is 4.79 Å². The van der Waals surface area contributed by atoms with Crippen molar-refractivity contribution in [3.63, 3.8) is 0 Å². The molecule has 0 aromatic carbocycles. The second kappa shape index (κ2) is 4.61. The van der Waals surface area contributed by atoms with Crippen molar-refractivity contribution in [2.45, 2.75) is 39.2 Å². The number of amides is 1. The second-order valence-electron chi connectivity index (χ2n) is 4.02. The second-order valence-corrected chi connectivity index (χ2v) is 4.02. The topological polar surface area (TPSA) is 55.1 Å². The van der Waals surface area contributed by atoms with Gasteiger partial charge < -0.3 is 11.1 Å². The molecule has 13 heavy (non-hydrogen) atoms. The number of primary amides is 1. The summed E-state index contributed by atoms with van der Waals surface area (Å²) in [5.41, 5.74) is 5.37. The van der Waals surface area contributed by atoms with Crippen LogP contribution < -0.4 is 11.1 Å². The summed E-state index contributed by atoms with van der Waals surface area (Å²) in [5.74, 6) is 0.444. The molecule has 0 aromatic rings. The monoisotopic (exact) mass is 184 g/mol. The first kappa shape index (κ1) is 10.5. The molecule has 1 fully saturated rings. The molecule has 1 aliphatic rings. The number of carbonyl (C=O) groups is 1. The predicted octanol–water partition coefficient (Wildman–Crippen LogP) is 0.886. The van der Waals surface area contributed by atoms with Gasteiger partial charge in [0, 0.05) is 6.04 Å². The molecule has 1 saturated heterocycles. The van der Waals surface area contributed by atoms with Gasteiger partial charge >= 0.3 is 0 Å². The highest BCUT2D eigenvalue weighted by atomic mass is 16.1. The Morgan fingerprint density at radius 1 is 1.69 bits per heavy atom. The van der Waals surface area contributed by atoms with E-state index >= 15 is 0 Å². The van der Waals surface area contributed by atoms with E-state index in [4.69, 9.17) is 5.73 Å². The van der Waals surface area contributed by atoms with E-state index in [-0.39, 0.29) is 11.8 Å². The van der Waals surface area contributed by atoms with Gasteiger partial charge in [0.1, 0.15) is 0 Å². The fourth-order valence-electron chi connectivity index (χ4n) is 2.08. The maximum Gasteiger partial charge on any atom is 0.222 e. The first-order chi connectivity index (χ1) is 6.16. The molecule has 1 aliphatic heterocycles. The molecule has 1 rings (SSSR count). The Hall–Kier alpha value is -0.570. The van der Waals surface area contributed by atoms with Crippen molar-refractivity contribution in [2.75, 3.05) is 6.54 Å². The molecule has 0 aromatic heterocycles. The van der Waals surface area contributed by atoms with Crippen molar-refractivity contribution >= 4 is 5.91 Å². The largest absolute Gasteiger partial charge is 0.369 e. The zero-order valence-corrected chi connectivity index (χ0v) is 8.55. The Balaban J connectivity index is 2.61. The maximum atomic E-state index is 11.2. The fourth-order valence-corrected chi connectivity index (χ4v) is 2.08. The van der Waals surface area contributed by atoms with E-state index in [2.05, 4.69) is 19.2 Å². The van der Waals surface area contributed by atoms with Gasteiger partial charge in [-0.15, -0.1) is 0 Å². The molecule has 1 heterocycles. The van der Waals surface area contributed by atoms with Crippen molar-refractivity contribution in [3.8, 4) is 0 Å². The van der Waals surface area contributed by atoms with E-state index in [0.29, 0.717) is 12.0 Å². The van der Waals surface area contributed by atoms with Crippen LogP contribution in [0.2, 0.25) is 0 Å². The van der Waals surface area contributed by atoms with Crippen LogP contribution >= 0.6 is 0 Å². The molecule has 0 spiro atoms. The number of piperidine rings is 1.